The van der Waals surface area contributed by atoms with Crippen LogP contribution in [0.2, 0.25) is 0 Å². The second kappa shape index (κ2) is 5.89. The first kappa shape index (κ1) is 13.5. The number of benzene rings is 2. The summed E-state index contributed by atoms with van der Waals surface area (Å²) in [4.78, 5) is 19.7. The average molecular weight is 298 g/mol. The molecule has 0 saturated heterocycles. The van der Waals surface area contributed by atoms with Crippen molar-refractivity contribution in [3.8, 4) is 11.3 Å². The van der Waals surface area contributed by atoms with Crippen molar-refractivity contribution in [2.75, 3.05) is 11.2 Å². The molecule has 0 saturated carbocycles. The van der Waals surface area contributed by atoms with Crippen molar-refractivity contribution in [2.45, 2.75) is 0 Å². The third kappa shape index (κ3) is 2.85. The van der Waals surface area contributed by atoms with E-state index in [4.69, 9.17) is 11.6 Å². The molecular weight excluding hydrogens is 286 g/mol. The van der Waals surface area contributed by atoms with Crippen molar-refractivity contribution in [1.29, 1.82) is 0 Å². The highest BCUT2D eigenvalue weighted by atomic mass is 35.5. The Bertz CT molecular complexity index is 799. The van der Waals surface area contributed by atoms with Crippen LogP contribution in [0.5, 0.6) is 0 Å². The monoisotopic (exact) mass is 297 g/mol. The number of hydrogen-bond donors (Lipinski definition) is 1. The van der Waals surface area contributed by atoms with Gasteiger partial charge in [-0.1, -0.05) is 42.5 Å². The second-order valence-electron chi connectivity index (χ2n) is 4.47. The van der Waals surface area contributed by atoms with Crippen LogP contribution in [0.3, 0.4) is 0 Å². The Kier molecular flexibility index (Phi) is 3.79. The quantitative estimate of drug-likeness (QED) is 0.753. The Morgan fingerprint density at radius 2 is 1.90 bits per heavy atom. The average Bonchev–Trinajstić information content (AvgIpc) is 2.54. The second-order valence-corrected chi connectivity index (χ2v) is 4.74. The number of alkyl halides is 1. The van der Waals surface area contributed by atoms with E-state index in [9.17, 15) is 4.79 Å². The maximum Gasteiger partial charge on any atom is 0.241 e. The van der Waals surface area contributed by atoms with Crippen molar-refractivity contribution in [3.63, 3.8) is 0 Å². The maximum absolute atomic E-state index is 11.3. The van der Waals surface area contributed by atoms with E-state index in [2.05, 4.69) is 27.4 Å². The van der Waals surface area contributed by atoms with Crippen molar-refractivity contribution >= 4 is 34.2 Å². The van der Waals surface area contributed by atoms with Crippen LogP contribution in [-0.4, -0.2) is 21.8 Å². The molecule has 1 N–H and O–H groups in total. The number of hydrogen-bond acceptors (Lipinski definition) is 3. The standard InChI is InChI=1S/C16H12ClN3O/c17-10-15(21)20-16-18-9-8-14(19-16)13-7-3-5-11-4-1-2-6-12(11)13/h1-9H,10H2,(H,18,19,20,21). The van der Waals surface area contributed by atoms with Gasteiger partial charge in [0.2, 0.25) is 11.9 Å². The minimum Gasteiger partial charge on any atom is -0.293 e. The molecular formula is C16H12ClN3O. The molecule has 21 heavy (non-hydrogen) atoms. The number of anilines is 1. The molecule has 0 aliphatic heterocycles. The Morgan fingerprint density at radius 1 is 1.10 bits per heavy atom. The Morgan fingerprint density at radius 3 is 2.76 bits per heavy atom. The van der Waals surface area contributed by atoms with E-state index in [0.29, 0.717) is 0 Å². The topological polar surface area (TPSA) is 54.9 Å². The van der Waals surface area contributed by atoms with Crippen molar-refractivity contribution in [3.05, 3.63) is 54.7 Å². The van der Waals surface area contributed by atoms with Gasteiger partial charge in [0, 0.05) is 11.8 Å². The fourth-order valence-electron chi connectivity index (χ4n) is 2.18. The Labute approximate surface area is 126 Å². The highest BCUT2D eigenvalue weighted by Gasteiger charge is 2.07. The number of nitrogens with one attached hydrogen (secondary N) is 1. The largest absolute Gasteiger partial charge is 0.293 e. The molecule has 3 rings (SSSR count). The lowest BCUT2D eigenvalue weighted by Gasteiger charge is -2.07. The van der Waals surface area contributed by atoms with Crippen LogP contribution in [-0.2, 0) is 4.79 Å². The first-order valence-corrected chi connectivity index (χ1v) is 6.98. The van der Waals surface area contributed by atoms with Gasteiger partial charge in [0.1, 0.15) is 5.88 Å². The van der Waals surface area contributed by atoms with E-state index in [1.165, 1.54) is 0 Å². The molecule has 0 spiro atoms. The smallest absolute Gasteiger partial charge is 0.241 e. The minimum atomic E-state index is -0.327. The lowest BCUT2D eigenvalue weighted by Crippen LogP contribution is -2.14. The fraction of sp³-hybridized carbons (Fsp3) is 0.0625. The van der Waals surface area contributed by atoms with Crippen molar-refractivity contribution in [2.24, 2.45) is 0 Å². The van der Waals surface area contributed by atoms with Crippen LogP contribution in [0.1, 0.15) is 0 Å². The normalized spacial score (nSPS) is 10.5. The van der Waals surface area contributed by atoms with Gasteiger partial charge in [-0.25, -0.2) is 9.97 Å². The van der Waals surface area contributed by atoms with Crippen molar-refractivity contribution < 1.29 is 4.79 Å². The van der Waals surface area contributed by atoms with Crippen molar-refractivity contribution in [1.82, 2.24) is 9.97 Å². The summed E-state index contributed by atoms with van der Waals surface area (Å²) in [5, 5.41) is 4.80. The van der Waals surface area contributed by atoms with Gasteiger partial charge in [-0.3, -0.25) is 10.1 Å². The zero-order chi connectivity index (χ0) is 14.7. The van der Waals surface area contributed by atoms with Crippen LogP contribution in [0.25, 0.3) is 22.0 Å². The van der Waals surface area contributed by atoms with Crippen LogP contribution in [0.4, 0.5) is 5.95 Å². The number of halogens is 1. The fourth-order valence-corrected chi connectivity index (χ4v) is 2.24. The Balaban J connectivity index is 2.07. The van der Waals surface area contributed by atoms with Gasteiger partial charge >= 0.3 is 0 Å². The number of nitrogens with zero attached hydrogens (tertiary/aromatic N) is 2. The third-order valence-corrected chi connectivity index (χ3v) is 3.34. The van der Waals surface area contributed by atoms with Gasteiger partial charge in [-0.15, -0.1) is 11.6 Å². The molecule has 0 atom stereocenters. The molecule has 4 nitrogen and oxygen atoms in total. The first-order valence-electron chi connectivity index (χ1n) is 6.45. The van der Waals surface area contributed by atoms with Crippen LogP contribution in [0, 0.1) is 0 Å². The van der Waals surface area contributed by atoms with Gasteiger partial charge in [0.15, 0.2) is 0 Å². The van der Waals surface area contributed by atoms with Crippen LogP contribution in [0.15, 0.2) is 54.7 Å². The van der Waals surface area contributed by atoms with E-state index < -0.39 is 0 Å². The number of carbonyl (C=O) groups is 1. The molecule has 0 bridgehead atoms. The molecule has 104 valence electrons. The summed E-state index contributed by atoms with van der Waals surface area (Å²) in [6, 6.07) is 15.9. The summed E-state index contributed by atoms with van der Waals surface area (Å²) in [7, 11) is 0. The first-order chi connectivity index (χ1) is 10.3. The van der Waals surface area contributed by atoms with Gasteiger partial charge in [-0.05, 0) is 16.8 Å². The molecule has 1 heterocycles. The summed E-state index contributed by atoms with van der Waals surface area (Å²) in [5.41, 5.74) is 1.75. The molecule has 0 aliphatic rings. The molecule has 0 fully saturated rings. The van der Waals surface area contributed by atoms with Crippen LogP contribution < -0.4 is 5.32 Å². The molecule has 1 amide bonds. The predicted molar refractivity (Wildman–Crippen MR) is 84.3 cm³/mol. The molecule has 5 heteroatoms. The summed E-state index contributed by atoms with van der Waals surface area (Å²) in [6.45, 7) is 0. The third-order valence-electron chi connectivity index (χ3n) is 3.09. The molecule has 0 unspecified atom stereocenters. The van der Waals surface area contributed by atoms with Gasteiger partial charge in [0.05, 0.1) is 5.69 Å². The minimum absolute atomic E-state index is 0.123. The summed E-state index contributed by atoms with van der Waals surface area (Å²) in [5.74, 6) is -0.195. The van der Waals surface area contributed by atoms with E-state index in [1.807, 2.05) is 36.4 Å². The van der Waals surface area contributed by atoms with Gasteiger partial charge < -0.3 is 0 Å². The summed E-state index contributed by atoms with van der Waals surface area (Å²) >= 11 is 5.47. The number of amides is 1. The highest BCUT2D eigenvalue weighted by Crippen LogP contribution is 2.27. The Hall–Kier alpha value is -2.46. The number of carbonyl (C=O) groups excluding carboxylic acids is 1. The number of aromatic nitrogens is 2. The van der Waals surface area contributed by atoms with E-state index in [0.717, 1.165) is 22.0 Å². The lowest BCUT2D eigenvalue weighted by molar-refractivity contribution is -0.114. The molecule has 1 aromatic heterocycles. The highest BCUT2D eigenvalue weighted by molar-refractivity contribution is 6.28. The van der Waals surface area contributed by atoms with E-state index in [-0.39, 0.29) is 17.7 Å². The van der Waals surface area contributed by atoms with Crippen LogP contribution >= 0.6 is 11.6 Å². The maximum atomic E-state index is 11.3. The SMILES string of the molecule is O=C(CCl)Nc1nccc(-c2cccc3ccccc23)n1. The zero-order valence-electron chi connectivity index (χ0n) is 11.1. The lowest BCUT2D eigenvalue weighted by atomic mass is 10.0. The molecule has 0 radical (unpaired) electrons. The zero-order valence-corrected chi connectivity index (χ0v) is 11.8. The molecule has 3 aromatic rings. The van der Waals surface area contributed by atoms with Gasteiger partial charge in [-0.2, -0.15) is 0 Å². The summed E-state index contributed by atoms with van der Waals surface area (Å²) < 4.78 is 0. The van der Waals surface area contributed by atoms with E-state index >= 15 is 0 Å². The number of fused-ring (bicyclic) bond motifs is 1. The summed E-state index contributed by atoms with van der Waals surface area (Å²) in [6.07, 6.45) is 1.62. The van der Waals surface area contributed by atoms with E-state index in [1.54, 1.807) is 6.20 Å². The van der Waals surface area contributed by atoms with Gasteiger partial charge in [0.25, 0.3) is 0 Å². The predicted octanol–water partition coefficient (Wildman–Crippen LogP) is 3.47. The molecule has 0 aliphatic carbocycles. The number of rotatable bonds is 3. The molecule has 2 aromatic carbocycles.